The van der Waals surface area contributed by atoms with Gasteiger partial charge in [0.15, 0.2) is 6.19 Å². The van der Waals surface area contributed by atoms with E-state index in [1.165, 1.54) is 0 Å². The average Bonchev–Trinajstić information content (AvgIpc) is 3.25. The largest absolute Gasteiger partial charge is 0.349 e. The highest BCUT2D eigenvalue weighted by molar-refractivity contribution is 5.66. The molecule has 0 aliphatic carbocycles. The SMILES string of the molecule is Cn1nccc1CNc1nc2c(c(-c3ccccc3)n1)CN(C#N)C2. The lowest BCUT2D eigenvalue weighted by Gasteiger charge is -2.11. The lowest BCUT2D eigenvalue weighted by molar-refractivity contribution is 0.415. The summed E-state index contributed by atoms with van der Waals surface area (Å²) in [6, 6.07) is 12.0. The van der Waals surface area contributed by atoms with Crippen LogP contribution in [-0.2, 0) is 26.7 Å². The maximum absolute atomic E-state index is 9.23. The van der Waals surface area contributed by atoms with E-state index in [1.54, 1.807) is 11.1 Å². The number of hydrogen-bond donors (Lipinski definition) is 1. The van der Waals surface area contributed by atoms with Crippen molar-refractivity contribution >= 4 is 5.95 Å². The Balaban J connectivity index is 1.70. The van der Waals surface area contributed by atoms with Crippen LogP contribution in [0.25, 0.3) is 11.3 Å². The van der Waals surface area contributed by atoms with Gasteiger partial charge < -0.3 is 10.2 Å². The predicted molar refractivity (Wildman–Crippen MR) is 92.9 cm³/mol. The first-order valence-corrected chi connectivity index (χ1v) is 8.05. The zero-order valence-corrected chi connectivity index (χ0v) is 13.8. The maximum atomic E-state index is 9.23. The van der Waals surface area contributed by atoms with Crippen LogP contribution in [0, 0.1) is 11.5 Å². The first-order chi connectivity index (χ1) is 12.2. The number of rotatable bonds is 4. The third-order valence-electron chi connectivity index (χ3n) is 4.32. The first-order valence-electron chi connectivity index (χ1n) is 8.05. The van der Waals surface area contributed by atoms with Gasteiger partial charge in [0.05, 0.1) is 36.7 Å². The molecule has 4 rings (SSSR count). The van der Waals surface area contributed by atoms with Crippen LogP contribution in [-0.4, -0.2) is 24.6 Å². The second-order valence-electron chi connectivity index (χ2n) is 5.94. The molecule has 3 heterocycles. The maximum Gasteiger partial charge on any atom is 0.223 e. The van der Waals surface area contributed by atoms with Gasteiger partial charge in [-0.15, -0.1) is 0 Å². The second-order valence-corrected chi connectivity index (χ2v) is 5.94. The molecule has 0 saturated carbocycles. The van der Waals surface area contributed by atoms with Crippen molar-refractivity contribution in [2.45, 2.75) is 19.6 Å². The number of fused-ring (bicyclic) bond motifs is 1. The molecule has 124 valence electrons. The minimum Gasteiger partial charge on any atom is -0.349 e. The summed E-state index contributed by atoms with van der Waals surface area (Å²) in [4.78, 5) is 11.0. The molecule has 3 aromatic rings. The van der Waals surface area contributed by atoms with E-state index >= 15 is 0 Å². The Kier molecular flexibility index (Phi) is 3.78. The van der Waals surface area contributed by atoms with Gasteiger partial charge in [0.2, 0.25) is 5.95 Å². The Hall–Kier alpha value is -3.40. The highest BCUT2D eigenvalue weighted by atomic mass is 15.3. The molecule has 1 aromatic carbocycles. The molecule has 1 N–H and O–H groups in total. The van der Waals surface area contributed by atoms with Crippen molar-refractivity contribution in [3.05, 3.63) is 59.5 Å². The molecule has 1 aliphatic rings. The summed E-state index contributed by atoms with van der Waals surface area (Å²) in [7, 11) is 1.90. The van der Waals surface area contributed by atoms with Crippen LogP contribution in [0.2, 0.25) is 0 Å². The van der Waals surface area contributed by atoms with Gasteiger partial charge in [-0.3, -0.25) is 4.68 Å². The third-order valence-corrected chi connectivity index (χ3v) is 4.32. The minimum absolute atomic E-state index is 0.522. The van der Waals surface area contributed by atoms with Crippen molar-refractivity contribution in [1.82, 2.24) is 24.6 Å². The summed E-state index contributed by atoms with van der Waals surface area (Å²) < 4.78 is 1.82. The lowest BCUT2D eigenvalue weighted by Crippen LogP contribution is -2.10. The van der Waals surface area contributed by atoms with Crippen LogP contribution in [0.15, 0.2) is 42.6 Å². The van der Waals surface area contributed by atoms with Gasteiger partial charge in [-0.05, 0) is 6.07 Å². The molecular formula is C18H17N7. The molecule has 25 heavy (non-hydrogen) atoms. The molecule has 7 heteroatoms. The number of aryl methyl sites for hydroxylation is 1. The topological polar surface area (TPSA) is 82.7 Å². The summed E-state index contributed by atoms with van der Waals surface area (Å²) >= 11 is 0. The van der Waals surface area contributed by atoms with Gasteiger partial charge in [0, 0.05) is 24.4 Å². The molecule has 7 nitrogen and oxygen atoms in total. The van der Waals surface area contributed by atoms with Crippen LogP contribution >= 0.6 is 0 Å². The van der Waals surface area contributed by atoms with Gasteiger partial charge in [-0.25, -0.2) is 9.97 Å². The fourth-order valence-electron chi connectivity index (χ4n) is 2.98. The van der Waals surface area contributed by atoms with Gasteiger partial charge >= 0.3 is 0 Å². The zero-order chi connectivity index (χ0) is 17.2. The Morgan fingerprint density at radius 2 is 2.00 bits per heavy atom. The number of benzene rings is 1. The normalized spacial score (nSPS) is 12.7. The van der Waals surface area contributed by atoms with Crippen LogP contribution in [0.3, 0.4) is 0 Å². The van der Waals surface area contributed by atoms with Crippen molar-refractivity contribution in [1.29, 1.82) is 5.26 Å². The lowest BCUT2D eigenvalue weighted by atomic mass is 10.1. The van der Waals surface area contributed by atoms with Gasteiger partial charge in [-0.2, -0.15) is 10.4 Å². The molecule has 0 spiro atoms. The van der Waals surface area contributed by atoms with Crippen molar-refractivity contribution in [3.63, 3.8) is 0 Å². The van der Waals surface area contributed by atoms with E-state index in [-0.39, 0.29) is 0 Å². The molecule has 0 atom stereocenters. The summed E-state index contributed by atoms with van der Waals surface area (Å²) in [5, 5.41) is 16.7. The van der Waals surface area contributed by atoms with Crippen LogP contribution < -0.4 is 5.32 Å². The molecule has 0 amide bonds. The summed E-state index contributed by atoms with van der Waals surface area (Å²) in [6.45, 7) is 1.66. The van der Waals surface area contributed by atoms with Crippen LogP contribution in [0.1, 0.15) is 17.0 Å². The van der Waals surface area contributed by atoms with E-state index in [1.807, 2.05) is 48.1 Å². The van der Waals surface area contributed by atoms with E-state index in [4.69, 9.17) is 4.98 Å². The number of hydrogen-bond acceptors (Lipinski definition) is 6. The second kappa shape index (κ2) is 6.24. The van der Waals surface area contributed by atoms with Crippen LogP contribution in [0.5, 0.6) is 0 Å². The van der Waals surface area contributed by atoms with Crippen molar-refractivity contribution in [3.8, 4) is 17.5 Å². The molecule has 0 fully saturated rings. The summed E-state index contributed by atoms with van der Waals surface area (Å²) in [6.07, 6.45) is 3.97. The predicted octanol–water partition coefficient (Wildman–Crippen LogP) is 2.29. The van der Waals surface area contributed by atoms with E-state index in [9.17, 15) is 5.26 Å². The molecule has 2 aromatic heterocycles. The van der Waals surface area contributed by atoms with Crippen molar-refractivity contribution in [2.24, 2.45) is 7.05 Å². The monoisotopic (exact) mass is 331 g/mol. The highest BCUT2D eigenvalue weighted by Crippen LogP contribution is 2.31. The molecule has 0 radical (unpaired) electrons. The zero-order valence-electron chi connectivity index (χ0n) is 13.8. The number of nitriles is 1. The number of nitrogens with one attached hydrogen (secondary N) is 1. The van der Waals surface area contributed by atoms with E-state index in [0.29, 0.717) is 25.6 Å². The molecule has 0 unspecified atom stereocenters. The Bertz CT molecular complexity index is 940. The standard InChI is InChI=1S/C18H17N7/c1-24-14(7-8-21-24)9-20-18-22-16-11-25(12-19)10-15(16)17(23-18)13-5-3-2-4-6-13/h2-8H,9-11H2,1H3,(H,20,22,23). The smallest absolute Gasteiger partial charge is 0.223 e. The van der Waals surface area contributed by atoms with Gasteiger partial charge in [-0.1, -0.05) is 30.3 Å². The fraction of sp³-hybridized carbons (Fsp3) is 0.222. The average molecular weight is 331 g/mol. The Labute approximate surface area is 145 Å². The first kappa shape index (κ1) is 15.1. The van der Waals surface area contributed by atoms with E-state index in [2.05, 4.69) is 21.6 Å². The Morgan fingerprint density at radius 3 is 2.72 bits per heavy atom. The quantitative estimate of drug-likeness (QED) is 0.739. The summed E-state index contributed by atoms with van der Waals surface area (Å²) in [5.41, 5.74) is 4.89. The minimum atomic E-state index is 0.522. The van der Waals surface area contributed by atoms with Crippen LogP contribution in [0.4, 0.5) is 5.95 Å². The van der Waals surface area contributed by atoms with Crippen molar-refractivity contribution in [2.75, 3.05) is 5.32 Å². The molecule has 0 bridgehead atoms. The number of nitrogens with zero attached hydrogens (tertiary/aromatic N) is 6. The number of aromatic nitrogens is 4. The number of anilines is 1. The third kappa shape index (κ3) is 2.90. The van der Waals surface area contributed by atoms with E-state index < -0.39 is 0 Å². The van der Waals surface area contributed by atoms with Gasteiger partial charge in [0.25, 0.3) is 0 Å². The fourth-order valence-corrected chi connectivity index (χ4v) is 2.98. The van der Waals surface area contributed by atoms with E-state index in [0.717, 1.165) is 28.2 Å². The molecule has 1 aliphatic heterocycles. The van der Waals surface area contributed by atoms with Gasteiger partial charge in [0.1, 0.15) is 0 Å². The Morgan fingerprint density at radius 1 is 1.16 bits per heavy atom. The summed E-state index contributed by atoms with van der Waals surface area (Å²) in [5.74, 6) is 0.568. The molecule has 0 saturated heterocycles. The van der Waals surface area contributed by atoms with Crippen molar-refractivity contribution < 1.29 is 0 Å². The highest BCUT2D eigenvalue weighted by Gasteiger charge is 2.25. The molecular weight excluding hydrogens is 314 g/mol.